The van der Waals surface area contributed by atoms with Crippen molar-refractivity contribution in [2.45, 2.75) is 13.0 Å². The van der Waals surface area contributed by atoms with Crippen LogP contribution in [0.3, 0.4) is 0 Å². The molecule has 0 unspecified atom stereocenters. The highest BCUT2D eigenvalue weighted by Crippen LogP contribution is 2.33. The van der Waals surface area contributed by atoms with Gasteiger partial charge in [0.1, 0.15) is 5.69 Å². The Morgan fingerprint density at radius 2 is 2.21 bits per heavy atom. The van der Waals surface area contributed by atoms with Gasteiger partial charge in [0, 0.05) is 44.8 Å². The minimum atomic E-state index is -0.0747. The number of hydrogen-bond donors (Lipinski definition) is 1. The lowest BCUT2D eigenvalue weighted by molar-refractivity contribution is -0.140. The van der Waals surface area contributed by atoms with Gasteiger partial charge in [-0.15, -0.1) is 0 Å². The third-order valence-corrected chi connectivity index (χ3v) is 5.05. The van der Waals surface area contributed by atoms with Crippen LogP contribution < -0.4 is 0 Å². The van der Waals surface area contributed by atoms with Crippen molar-refractivity contribution in [3.05, 3.63) is 54.1 Å². The molecule has 2 amide bonds. The zero-order valence-corrected chi connectivity index (χ0v) is 13.4. The molecule has 2 atom stereocenters. The molecular formula is C18H20N4O2. The second-order valence-electron chi connectivity index (χ2n) is 6.57. The lowest BCUT2D eigenvalue weighted by atomic mass is 9.88. The van der Waals surface area contributed by atoms with Crippen LogP contribution in [0.25, 0.3) is 0 Å². The summed E-state index contributed by atoms with van der Waals surface area (Å²) in [6.07, 6.45) is 6.23. The molecule has 1 N–H and O–H groups in total. The number of H-pyrrole nitrogens is 1. The number of nitrogens with one attached hydrogen (secondary N) is 1. The Labute approximate surface area is 140 Å². The quantitative estimate of drug-likeness (QED) is 0.931. The number of carbonyl (C=O) groups excluding carboxylic acids is 2. The molecule has 0 bridgehead atoms. The Hall–Kier alpha value is -2.63. The lowest BCUT2D eigenvalue weighted by Crippen LogP contribution is -2.44. The molecule has 2 fully saturated rings. The maximum atomic E-state index is 12.8. The molecule has 24 heavy (non-hydrogen) atoms. The Balaban J connectivity index is 1.44. The fourth-order valence-corrected chi connectivity index (χ4v) is 3.78. The molecule has 2 aromatic rings. The van der Waals surface area contributed by atoms with Gasteiger partial charge in [-0.05, 0) is 36.1 Å². The number of nitrogens with zero attached hydrogens (tertiary/aromatic N) is 3. The van der Waals surface area contributed by atoms with Gasteiger partial charge in [-0.1, -0.05) is 6.07 Å². The number of aromatic amines is 1. The highest BCUT2D eigenvalue weighted by atomic mass is 16.2. The van der Waals surface area contributed by atoms with Crippen LogP contribution >= 0.6 is 0 Å². The van der Waals surface area contributed by atoms with Crippen LogP contribution in [0.15, 0.2) is 42.9 Å². The molecule has 0 spiro atoms. The highest BCUT2D eigenvalue weighted by molar-refractivity contribution is 5.93. The van der Waals surface area contributed by atoms with Gasteiger partial charge in [-0.2, -0.15) is 0 Å². The molecule has 6 nitrogen and oxygen atoms in total. The third kappa shape index (κ3) is 2.68. The predicted molar refractivity (Wildman–Crippen MR) is 87.9 cm³/mol. The van der Waals surface area contributed by atoms with E-state index in [-0.39, 0.29) is 23.7 Å². The summed E-state index contributed by atoms with van der Waals surface area (Å²) >= 11 is 0. The molecule has 0 saturated carbocycles. The monoisotopic (exact) mass is 324 g/mol. The Bertz CT molecular complexity index is 729. The molecule has 0 radical (unpaired) electrons. The van der Waals surface area contributed by atoms with Gasteiger partial charge in [0.2, 0.25) is 5.91 Å². The second-order valence-corrected chi connectivity index (χ2v) is 6.57. The zero-order chi connectivity index (χ0) is 16.5. The number of carbonyl (C=O) groups is 2. The first-order chi connectivity index (χ1) is 11.7. The average Bonchev–Trinajstić information content (AvgIpc) is 3.27. The first kappa shape index (κ1) is 14.9. The molecule has 0 aromatic carbocycles. The SMILES string of the molecule is O=C(c1ccc[nH]1)N1C[C@@H]2CCN(Cc3cccnc3)C(=O)[C@@H]2C1. The van der Waals surface area contributed by atoms with Gasteiger partial charge in [0.25, 0.3) is 5.91 Å². The van der Waals surface area contributed by atoms with Crippen molar-refractivity contribution in [2.24, 2.45) is 11.8 Å². The fraction of sp³-hybridized carbons (Fsp3) is 0.389. The molecule has 6 heteroatoms. The normalized spacial score (nSPS) is 23.4. The number of likely N-dealkylation sites (tertiary alicyclic amines) is 2. The third-order valence-electron chi connectivity index (χ3n) is 5.05. The molecule has 2 aliphatic rings. The van der Waals surface area contributed by atoms with Gasteiger partial charge in [-0.3, -0.25) is 14.6 Å². The first-order valence-electron chi connectivity index (χ1n) is 8.33. The van der Waals surface area contributed by atoms with Gasteiger partial charge >= 0.3 is 0 Å². The molecular weight excluding hydrogens is 304 g/mol. The summed E-state index contributed by atoms with van der Waals surface area (Å²) in [6, 6.07) is 7.47. The van der Waals surface area contributed by atoms with Gasteiger partial charge in [0.05, 0.1) is 5.92 Å². The molecule has 2 aliphatic heterocycles. The maximum Gasteiger partial charge on any atom is 0.270 e. The van der Waals surface area contributed by atoms with E-state index in [9.17, 15) is 9.59 Å². The van der Waals surface area contributed by atoms with Gasteiger partial charge < -0.3 is 14.8 Å². The Kier molecular flexibility index (Phi) is 3.80. The number of fused-ring (bicyclic) bond motifs is 1. The van der Waals surface area contributed by atoms with Crippen molar-refractivity contribution in [1.29, 1.82) is 0 Å². The summed E-state index contributed by atoms with van der Waals surface area (Å²) in [6.45, 7) is 2.54. The van der Waals surface area contributed by atoms with Crippen molar-refractivity contribution in [2.75, 3.05) is 19.6 Å². The van der Waals surface area contributed by atoms with E-state index in [0.717, 1.165) is 18.5 Å². The van der Waals surface area contributed by atoms with E-state index < -0.39 is 0 Å². The van der Waals surface area contributed by atoms with Crippen LogP contribution in [-0.4, -0.2) is 51.2 Å². The smallest absolute Gasteiger partial charge is 0.270 e. The number of amides is 2. The summed E-state index contributed by atoms with van der Waals surface area (Å²) in [4.78, 5) is 36.1. The number of hydrogen-bond acceptors (Lipinski definition) is 3. The second kappa shape index (κ2) is 6.11. The summed E-state index contributed by atoms with van der Waals surface area (Å²) < 4.78 is 0. The van der Waals surface area contributed by atoms with Crippen LogP contribution in [0.2, 0.25) is 0 Å². The van der Waals surface area contributed by atoms with E-state index in [1.165, 1.54) is 0 Å². The van der Waals surface area contributed by atoms with Crippen molar-refractivity contribution in [3.63, 3.8) is 0 Å². The standard InChI is InChI=1S/C18H20N4O2/c23-17-15-12-22(18(24)16-4-2-7-20-16)11-14(15)5-8-21(17)10-13-3-1-6-19-9-13/h1-4,6-7,9,14-15,20H,5,8,10-12H2/t14-,15+/m0/s1. The van der Waals surface area contributed by atoms with E-state index in [0.29, 0.717) is 25.3 Å². The molecule has 2 saturated heterocycles. The van der Waals surface area contributed by atoms with Crippen LogP contribution in [-0.2, 0) is 11.3 Å². The highest BCUT2D eigenvalue weighted by Gasteiger charge is 2.44. The van der Waals surface area contributed by atoms with Crippen LogP contribution in [0.4, 0.5) is 0 Å². The van der Waals surface area contributed by atoms with E-state index in [1.54, 1.807) is 24.7 Å². The van der Waals surface area contributed by atoms with Crippen molar-refractivity contribution < 1.29 is 9.59 Å². The van der Waals surface area contributed by atoms with Crippen LogP contribution in [0.5, 0.6) is 0 Å². The van der Waals surface area contributed by atoms with Crippen LogP contribution in [0.1, 0.15) is 22.5 Å². The summed E-state index contributed by atoms with van der Waals surface area (Å²) in [5, 5.41) is 0. The molecule has 2 aromatic heterocycles. The fourth-order valence-electron chi connectivity index (χ4n) is 3.78. The molecule has 4 heterocycles. The topological polar surface area (TPSA) is 69.3 Å². The minimum Gasteiger partial charge on any atom is -0.357 e. The maximum absolute atomic E-state index is 12.8. The number of piperidine rings is 1. The summed E-state index contributed by atoms with van der Waals surface area (Å²) in [5.41, 5.74) is 1.63. The van der Waals surface area contributed by atoms with Crippen molar-refractivity contribution in [1.82, 2.24) is 19.8 Å². The van der Waals surface area contributed by atoms with Crippen molar-refractivity contribution >= 4 is 11.8 Å². The largest absolute Gasteiger partial charge is 0.357 e. The van der Waals surface area contributed by atoms with Gasteiger partial charge in [0.15, 0.2) is 0 Å². The number of rotatable bonds is 3. The minimum absolute atomic E-state index is 0.0130. The van der Waals surface area contributed by atoms with E-state index in [2.05, 4.69) is 9.97 Å². The Morgan fingerprint density at radius 3 is 2.96 bits per heavy atom. The van der Waals surface area contributed by atoms with Crippen molar-refractivity contribution in [3.8, 4) is 0 Å². The predicted octanol–water partition coefficient (Wildman–Crippen LogP) is 1.53. The Morgan fingerprint density at radius 1 is 1.29 bits per heavy atom. The van der Waals surface area contributed by atoms with E-state index in [4.69, 9.17) is 0 Å². The van der Waals surface area contributed by atoms with Gasteiger partial charge in [-0.25, -0.2) is 0 Å². The van der Waals surface area contributed by atoms with Crippen LogP contribution in [0, 0.1) is 11.8 Å². The number of aromatic nitrogens is 2. The average molecular weight is 324 g/mol. The number of pyridine rings is 1. The van der Waals surface area contributed by atoms with E-state index in [1.807, 2.05) is 28.0 Å². The lowest BCUT2D eigenvalue weighted by Gasteiger charge is -2.33. The summed E-state index contributed by atoms with van der Waals surface area (Å²) in [5.74, 6) is 0.355. The zero-order valence-electron chi connectivity index (χ0n) is 13.4. The molecule has 124 valence electrons. The first-order valence-corrected chi connectivity index (χ1v) is 8.33. The molecule has 0 aliphatic carbocycles. The van der Waals surface area contributed by atoms with E-state index >= 15 is 0 Å². The summed E-state index contributed by atoms with van der Waals surface area (Å²) in [7, 11) is 0. The molecule has 4 rings (SSSR count).